The van der Waals surface area contributed by atoms with Gasteiger partial charge in [-0.15, -0.1) is 0 Å². The molecule has 5 nitrogen and oxygen atoms in total. The van der Waals surface area contributed by atoms with Gasteiger partial charge in [0.1, 0.15) is 0 Å². The Bertz CT molecular complexity index is 207. The maximum absolute atomic E-state index is 11.6. The third kappa shape index (κ3) is 12.1. The Kier molecular flexibility index (Phi) is 13.3. The monoisotopic (exact) mass is 273 g/mol. The summed E-state index contributed by atoms with van der Waals surface area (Å²) in [5.41, 5.74) is 11.0. The van der Waals surface area contributed by atoms with Crippen LogP contribution in [0.4, 0.5) is 0 Å². The van der Waals surface area contributed by atoms with Gasteiger partial charge in [-0.2, -0.15) is 0 Å². The molecular weight excluding hydrogens is 242 g/mol. The first-order chi connectivity index (χ1) is 9.24. The van der Waals surface area contributed by atoms with Crippen LogP contribution in [0.5, 0.6) is 0 Å². The molecule has 0 heterocycles. The van der Waals surface area contributed by atoms with E-state index in [-0.39, 0.29) is 5.97 Å². The number of rotatable bonds is 13. The third-order valence-corrected chi connectivity index (χ3v) is 3.00. The van der Waals surface area contributed by atoms with Crippen molar-refractivity contribution in [1.82, 2.24) is 4.90 Å². The number of nitrogens with two attached hydrogens (primary N) is 2. The molecule has 0 aromatic heterocycles. The van der Waals surface area contributed by atoms with Gasteiger partial charge in [0.15, 0.2) is 0 Å². The van der Waals surface area contributed by atoms with E-state index >= 15 is 0 Å². The number of esters is 1. The highest BCUT2D eigenvalue weighted by Gasteiger charge is 2.10. The first kappa shape index (κ1) is 18.4. The lowest BCUT2D eigenvalue weighted by Crippen LogP contribution is -2.38. The van der Waals surface area contributed by atoms with Crippen LogP contribution in [-0.4, -0.2) is 50.2 Å². The van der Waals surface area contributed by atoms with Crippen LogP contribution in [0.25, 0.3) is 0 Å². The molecular formula is C14H31N3O2. The molecule has 5 heteroatoms. The summed E-state index contributed by atoms with van der Waals surface area (Å²) in [6.45, 7) is 5.46. The van der Waals surface area contributed by atoms with E-state index in [1.54, 1.807) is 0 Å². The highest BCUT2D eigenvalue weighted by Crippen LogP contribution is 2.05. The number of carbonyl (C=O) groups excluding carboxylic acids is 1. The molecule has 114 valence electrons. The summed E-state index contributed by atoms with van der Waals surface area (Å²) in [5.74, 6) is -0.171. The van der Waals surface area contributed by atoms with E-state index in [1.165, 1.54) is 25.7 Å². The van der Waals surface area contributed by atoms with E-state index in [0.717, 1.165) is 12.8 Å². The van der Waals surface area contributed by atoms with Crippen LogP contribution in [0.15, 0.2) is 0 Å². The van der Waals surface area contributed by atoms with Crippen LogP contribution >= 0.6 is 0 Å². The Balaban J connectivity index is 3.51. The number of carbonyl (C=O) groups is 1. The molecule has 0 spiro atoms. The zero-order chi connectivity index (χ0) is 14.3. The molecule has 0 fully saturated rings. The van der Waals surface area contributed by atoms with E-state index in [0.29, 0.717) is 39.3 Å². The molecule has 0 aromatic rings. The number of nitrogens with zero attached hydrogens (tertiary/aromatic N) is 1. The zero-order valence-corrected chi connectivity index (χ0v) is 12.4. The smallest absolute Gasteiger partial charge is 0.320 e. The lowest BCUT2D eigenvalue weighted by atomic mass is 10.1. The normalized spacial score (nSPS) is 10.9. The quantitative estimate of drug-likeness (QED) is 0.388. The molecule has 0 saturated carbocycles. The van der Waals surface area contributed by atoms with Gasteiger partial charge in [-0.1, -0.05) is 39.0 Å². The second-order valence-electron chi connectivity index (χ2n) is 4.84. The van der Waals surface area contributed by atoms with E-state index in [2.05, 4.69) is 6.92 Å². The summed E-state index contributed by atoms with van der Waals surface area (Å²) in [5, 5.41) is 0. The molecule has 0 radical (unpaired) electrons. The van der Waals surface area contributed by atoms with Crippen molar-refractivity contribution < 1.29 is 9.53 Å². The summed E-state index contributed by atoms with van der Waals surface area (Å²) in [6, 6.07) is 0. The Morgan fingerprint density at radius 1 is 1.00 bits per heavy atom. The predicted octanol–water partition coefficient (Wildman–Crippen LogP) is 1.11. The van der Waals surface area contributed by atoms with Crippen molar-refractivity contribution in [3.05, 3.63) is 0 Å². The van der Waals surface area contributed by atoms with Gasteiger partial charge >= 0.3 is 5.97 Å². The van der Waals surface area contributed by atoms with E-state index in [1.807, 2.05) is 4.90 Å². The van der Waals surface area contributed by atoms with E-state index < -0.39 is 0 Å². The van der Waals surface area contributed by atoms with Gasteiger partial charge in [-0.05, 0) is 6.42 Å². The van der Waals surface area contributed by atoms with Crippen LogP contribution in [0.2, 0.25) is 0 Å². The summed E-state index contributed by atoms with van der Waals surface area (Å²) in [4.78, 5) is 13.5. The van der Waals surface area contributed by atoms with Crippen molar-refractivity contribution in [3.63, 3.8) is 0 Å². The fourth-order valence-electron chi connectivity index (χ4n) is 1.93. The van der Waals surface area contributed by atoms with Gasteiger partial charge in [0.2, 0.25) is 0 Å². The molecule has 0 unspecified atom stereocenters. The lowest BCUT2D eigenvalue weighted by Gasteiger charge is -2.19. The van der Waals surface area contributed by atoms with Crippen molar-refractivity contribution in [1.29, 1.82) is 0 Å². The molecule has 0 atom stereocenters. The molecule has 0 rings (SSSR count). The lowest BCUT2D eigenvalue weighted by molar-refractivity contribution is -0.145. The third-order valence-electron chi connectivity index (χ3n) is 3.00. The largest absolute Gasteiger partial charge is 0.465 e. The van der Waals surface area contributed by atoms with Gasteiger partial charge in [0, 0.05) is 26.2 Å². The fourth-order valence-corrected chi connectivity index (χ4v) is 1.93. The zero-order valence-electron chi connectivity index (χ0n) is 12.4. The second-order valence-corrected chi connectivity index (χ2v) is 4.84. The maximum atomic E-state index is 11.6. The van der Waals surface area contributed by atoms with Crippen molar-refractivity contribution in [2.24, 2.45) is 11.5 Å². The van der Waals surface area contributed by atoms with Crippen molar-refractivity contribution in [3.8, 4) is 0 Å². The Hall–Kier alpha value is -0.650. The SMILES string of the molecule is CCCCCCCCOC(=O)CN(CCN)CCN. The molecule has 0 aromatic carbocycles. The van der Waals surface area contributed by atoms with Gasteiger partial charge in [-0.25, -0.2) is 0 Å². The summed E-state index contributed by atoms with van der Waals surface area (Å²) in [7, 11) is 0. The molecule has 0 aliphatic heterocycles. The standard InChI is InChI=1S/C14H31N3O2/c1-2-3-4-5-6-7-12-19-14(18)13-17(10-8-15)11-9-16/h2-13,15-16H2,1H3. The highest BCUT2D eigenvalue weighted by atomic mass is 16.5. The summed E-state index contributed by atoms with van der Waals surface area (Å²) < 4.78 is 5.21. The molecule has 0 aliphatic carbocycles. The topological polar surface area (TPSA) is 81.6 Å². The average Bonchev–Trinajstić information content (AvgIpc) is 2.38. The minimum atomic E-state index is -0.171. The molecule has 0 amide bonds. The minimum Gasteiger partial charge on any atom is -0.465 e. The average molecular weight is 273 g/mol. The maximum Gasteiger partial charge on any atom is 0.320 e. The van der Waals surface area contributed by atoms with Crippen molar-refractivity contribution in [2.75, 3.05) is 39.3 Å². The number of hydrogen-bond donors (Lipinski definition) is 2. The molecule has 0 saturated heterocycles. The van der Waals surface area contributed by atoms with E-state index in [4.69, 9.17) is 16.2 Å². The van der Waals surface area contributed by atoms with Crippen LogP contribution in [0, 0.1) is 0 Å². The van der Waals surface area contributed by atoms with E-state index in [9.17, 15) is 4.79 Å². The first-order valence-corrected chi connectivity index (χ1v) is 7.52. The molecule has 19 heavy (non-hydrogen) atoms. The van der Waals surface area contributed by atoms with Crippen LogP contribution in [-0.2, 0) is 9.53 Å². The molecule has 0 bridgehead atoms. The van der Waals surface area contributed by atoms with Crippen molar-refractivity contribution in [2.45, 2.75) is 45.4 Å². The Labute approximate surface area is 117 Å². The van der Waals surface area contributed by atoms with Gasteiger partial charge in [0.05, 0.1) is 13.2 Å². The van der Waals surface area contributed by atoms with Crippen LogP contribution in [0.1, 0.15) is 45.4 Å². The second kappa shape index (κ2) is 13.8. The van der Waals surface area contributed by atoms with Gasteiger partial charge < -0.3 is 16.2 Å². The van der Waals surface area contributed by atoms with Gasteiger partial charge in [0.25, 0.3) is 0 Å². The number of ether oxygens (including phenoxy) is 1. The highest BCUT2D eigenvalue weighted by molar-refractivity contribution is 5.71. The first-order valence-electron chi connectivity index (χ1n) is 7.52. The van der Waals surface area contributed by atoms with Crippen LogP contribution in [0.3, 0.4) is 0 Å². The summed E-state index contributed by atoms with van der Waals surface area (Å²) >= 11 is 0. The van der Waals surface area contributed by atoms with Gasteiger partial charge in [-0.3, -0.25) is 9.69 Å². The van der Waals surface area contributed by atoms with Crippen LogP contribution < -0.4 is 11.5 Å². The summed E-state index contributed by atoms with van der Waals surface area (Å²) in [6.07, 6.45) is 7.18. The predicted molar refractivity (Wildman–Crippen MR) is 78.9 cm³/mol. The molecule has 0 aliphatic rings. The van der Waals surface area contributed by atoms with Crippen molar-refractivity contribution >= 4 is 5.97 Å². The number of hydrogen-bond acceptors (Lipinski definition) is 5. The Morgan fingerprint density at radius 2 is 1.58 bits per heavy atom. The Morgan fingerprint density at radius 3 is 2.16 bits per heavy atom. The minimum absolute atomic E-state index is 0.171. The fraction of sp³-hybridized carbons (Fsp3) is 0.929. The molecule has 4 N–H and O–H groups in total. The number of unbranched alkanes of at least 4 members (excludes halogenated alkanes) is 5.